The Labute approximate surface area is 134 Å². The standard InChI is InChI=1S/C16H17F3O3S/c1-22-12-5-9(4-11(8-12)16(17,18)19)15(20)10-6-13-2-3-14(7-10)23(13)21/h4-5,8,10,13-14H,2-3,6-7H2,1H3. The largest absolute Gasteiger partial charge is 0.497 e. The molecule has 2 bridgehead atoms. The number of benzene rings is 1. The summed E-state index contributed by atoms with van der Waals surface area (Å²) in [5.74, 6) is -0.632. The van der Waals surface area contributed by atoms with Crippen molar-refractivity contribution >= 4 is 16.6 Å². The van der Waals surface area contributed by atoms with Gasteiger partial charge < -0.3 is 4.74 Å². The van der Waals surface area contributed by atoms with Gasteiger partial charge in [0.2, 0.25) is 0 Å². The molecule has 2 saturated heterocycles. The SMILES string of the molecule is COc1cc(C(=O)C2CC3CCC(C2)S3=O)cc(C(F)(F)F)c1. The zero-order valence-electron chi connectivity index (χ0n) is 12.6. The summed E-state index contributed by atoms with van der Waals surface area (Å²) in [5, 5.41) is 0.0192. The molecule has 2 unspecified atom stereocenters. The van der Waals surface area contributed by atoms with Crippen LogP contribution in [-0.4, -0.2) is 27.6 Å². The van der Waals surface area contributed by atoms with E-state index in [2.05, 4.69) is 0 Å². The van der Waals surface area contributed by atoms with Crippen molar-refractivity contribution in [3.05, 3.63) is 29.3 Å². The lowest BCUT2D eigenvalue weighted by molar-refractivity contribution is -0.137. The zero-order valence-corrected chi connectivity index (χ0v) is 13.4. The highest BCUT2D eigenvalue weighted by atomic mass is 32.2. The fourth-order valence-corrected chi connectivity index (χ4v) is 5.63. The van der Waals surface area contributed by atoms with Gasteiger partial charge in [-0.05, 0) is 43.9 Å². The van der Waals surface area contributed by atoms with Crippen LogP contribution in [0.5, 0.6) is 5.75 Å². The summed E-state index contributed by atoms with van der Waals surface area (Å²) in [4.78, 5) is 12.7. The minimum atomic E-state index is -4.53. The van der Waals surface area contributed by atoms with Crippen molar-refractivity contribution < 1.29 is 26.9 Å². The van der Waals surface area contributed by atoms with Gasteiger partial charge in [-0.1, -0.05) is 0 Å². The third-order valence-corrected chi connectivity index (χ3v) is 6.86. The fourth-order valence-electron chi connectivity index (χ4n) is 3.51. The van der Waals surface area contributed by atoms with E-state index in [4.69, 9.17) is 4.74 Å². The molecule has 0 N–H and O–H groups in total. The summed E-state index contributed by atoms with van der Waals surface area (Å²) in [6.07, 6.45) is -1.85. The molecule has 126 valence electrons. The van der Waals surface area contributed by atoms with Crippen LogP contribution in [0.15, 0.2) is 18.2 Å². The van der Waals surface area contributed by atoms with Gasteiger partial charge in [-0.25, -0.2) is 0 Å². The molecule has 0 aromatic heterocycles. The van der Waals surface area contributed by atoms with E-state index in [1.54, 1.807) is 0 Å². The molecule has 1 aromatic carbocycles. The molecule has 2 fully saturated rings. The van der Waals surface area contributed by atoms with Crippen LogP contribution in [0.4, 0.5) is 13.2 Å². The topological polar surface area (TPSA) is 43.4 Å². The second-order valence-electron chi connectivity index (χ2n) is 6.13. The van der Waals surface area contributed by atoms with Gasteiger partial charge >= 0.3 is 6.18 Å². The van der Waals surface area contributed by atoms with Crippen molar-refractivity contribution in [1.82, 2.24) is 0 Å². The van der Waals surface area contributed by atoms with Gasteiger partial charge in [0.25, 0.3) is 0 Å². The molecule has 3 nitrogen and oxygen atoms in total. The Bertz CT molecular complexity index is 640. The lowest BCUT2D eigenvalue weighted by Crippen LogP contribution is -2.32. The first-order valence-corrected chi connectivity index (χ1v) is 8.77. The van der Waals surface area contributed by atoms with Gasteiger partial charge in [-0.2, -0.15) is 13.2 Å². The molecular formula is C16H17F3O3S. The van der Waals surface area contributed by atoms with Crippen LogP contribution in [0, 0.1) is 5.92 Å². The van der Waals surface area contributed by atoms with Crippen molar-refractivity contribution in [2.24, 2.45) is 5.92 Å². The fraction of sp³-hybridized carbons (Fsp3) is 0.562. The number of hydrogen-bond donors (Lipinski definition) is 0. The van der Waals surface area contributed by atoms with Gasteiger partial charge in [-0.3, -0.25) is 9.00 Å². The Morgan fingerprint density at radius 2 is 1.78 bits per heavy atom. The van der Waals surface area contributed by atoms with Crippen LogP contribution < -0.4 is 4.74 Å². The quantitative estimate of drug-likeness (QED) is 0.786. The van der Waals surface area contributed by atoms with Crippen molar-refractivity contribution in [2.75, 3.05) is 7.11 Å². The van der Waals surface area contributed by atoms with Crippen LogP contribution in [0.2, 0.25) is 0 Å². The average molecular weight is 346 g/mol. The van der Waals surface area contributed by atoms with Gasteiger partial charge in [0.15, 0.2) is 5.78 Å². The molecule has 2 heterocycles. The number of rotatable bonds is 3. The van der Waals surface area contributed by atoms with E-state index in [-0.39, 0.29) is 33.5 Å². The lowest BCUT2D eigenvalue weighted by atomic mass is 9.89. The summed E-state index contributed by atoms with van der Waals surface area (Å²) in [5.41, 5.74) is -0.865. The molecule has 2 aliphatic heterocycles. The molecule has 0 radical (unpaired) electrons. The highest BCUT2D eigenvalue weighted by Crippen LogP contribution is 2.40. The molecule has 0 aliphatic carbocycles. The number of methoxy groups -OCH3 is 1. The number of hydrogen-bond acceptors (Lipinski definition) is 3. The predicted octanol–water partition coefficient (Wildman–Crippen LogP) is 3.59. The minimum Gasteiger partial charge on any atom is -0.497 e. The minimum absolute atomic E-state index is 0.00962. The number of Topliss-reactive ketones (excluding diaryl/α,β-unsaturated/α-hetero) is 1. The Kier molecular flexibility index (Phi) is 4.25. The van der Waals surface area contributed by atoms with Gasteiger partial charge in [0, 0.05) is 32.8 Å². The van der Waals surface area contributed by atoms with E-state index in [1.807, 2.05) is 0 Å². The smallest absolute Gasteiger partial charge is 0.416 e. The number of halogens is 3. The van der Waals surface area contributed by atoms with Gasteiger partial charge in [0.1, 0.15) is 5.75 Å². The van der Waals surface area contributed by atoms with Crippen LogP contribution in [0.1, 0.15) is 41.6 Å². The van der Waals surface area contributed by atoms with Crippen molar-refractivity contribution in [3.8, 4) is 5.75 Å². The number of fused-ring (bicyclic) bond motifs is 2. The van der Waals surface area contributed by atoms with E-state index < -0.39 is 22.5 Å². The monoisotopic (exact) mass is 346 g/mol. The van der Waals surface area contributed by atoms with Crippen LogP contribution in [-0.2, 0) is 17.0 Å². The Morgan fingerprint density at radius 1 is 1.17 bits per heavy atom. The number of carbonyl (C=O) groups excluding carboxylic acids is 1. The first kappa shape index (κ1) is 16.5. The van der Waals surface area contributed by atoms with Crippen molar-refractivity contribution in [2.45, 2.75) is 42.4 Å². The third kappa shape index (κ3) is 3.16. The molecule has 2 atom stereocenters. The highest BCUT2D eigenvalue weighted by molar-refractivity contribution is 7.86. The van der Waals surface area contributed by atoms with Crippen molar-refractivity contribution in [3.63, 3.8) is 0 Å². The number of carbonyl (C=O) groups is 1. The maximum atomic E-state index is 13.0. The average Bonchev–Trinajstić information content (AvgIpc) is 2.74. The number of ether oxygens (including phenoxy) is 1. The lowest BCUT2D eigenvalue weighted by Gasteiger charge is -2.26. The molecule has 0 spiro atoms. The Balaban J connectivity index is 1.89. The molecule has 1 aromatic rings. The summed E-state index contributed by atoms with van der Waals surface area (Å²) >= 11 is 0. The zero-order chi connectivity index (χ0) is 16.8. The predicted molar refractivity (Wildman–Crippen MR) is 80.0 cm³/mol. The maximum Gasteiger partial charge on any atom is 0.416 e. The van der Waals surface area contributed by atoms with Gasteiger partial charge in [0.05, 0.1) is 12.7 Å². The first-order valence-electron chi connectivity index (χ1n) is 7.49. The summed E-state index contributed by atoms with van der Waals surface area (Å²) in [7, 11) is 0.378. The second-order valence-corrected chi connectivity index (χ2v) is 8.12. The highest BCUT2D eigenvalue weighted by Gasteiger charge is 2.43. The van der Waals surface area contributed by atoms with E-state index in [0.717, 1.165) is 25.0 Å². The van der Waals surface area contributed by atoms with E-state index in [9.17, 15) is 22.2 Å². The Hall–Kier alpha value is -1.37. The molecule has 7 heteroatoms. The van der Waals surface area contributed by atoms with E-state index in [0.29, 0.717) is 12.8 Å². The van der Waals surface area contributed by atoms with Crippen molar-refractivity contribution in [1.29, 1.82) is 0 Å². The summed E-state index contributed by atoms with van der Waals surface area (Å²) in [6.45, 7) is 0. The molecule has 3 rings (SSSR count). The van der Waals surface area contributed by atoms with Crippen LogP contribution in [0.3, 0.4) is 0 Å². The van der Waals surface area contributed by atoms with Crippen LogP contribution >= 0.6 is 0 Å². The van der Waals surface area contributed by atoms with Crippen LogP contribution in [0.25, 0.3) is 0 Å². The summed E-state index contributed by atoms with van der Waals surface area (Å²) in [6, 6.07) is 3.12. The molecule has 2 aliphatic rings. The number of alkyl halides is 3. The molecular weight excluding hydrogens is 329 g/mol. The van der Waals surface area contributed by atoms with Gasteiger partial charge in [-0.15, -0.1) is 0 Å². The normalized spacial score (nSPS) is 30.3. The number of ketones is 1. The third-order valence-electron chi connectivity index (χ3n) is 4.69. The van der Waals surface area contributed by atoms with E-state index in [1.165, 1.54) is 13.2 Å². The van der Waals surface area contributed by atoms with E-state index >= 15 is 0 Å². The summed E-state index contributed by atoms with van der Waals surface area (Å²) < 4.78 is 55.8. The second kappa shape index (κ2) is 5.92. The molecule has 0 saturated carbocycles. The maximum absolute atomic E-state index is 13.0. The Morgan fingerprint density at radius 3 is 2.30 bits per heavy atom. The first-order chi connectivity index (χ1) is 10.8. The molecule has 23 heavy (non-hydrogen) atoms. The molecule has 0 amide bonds.